The first-order valence-corrected chi connectivity index (χ1v) is 12.0. The number of phosphoric acid groups is 1. The Balaban J connectivity index is 4.68. The zero-order valence-corrected chi connectivity index (χ0v) is 19.1. The zero-order chi connectivity index (χ0) is 19.8. The van der Waals surface area contributed by atoms with Gasteiger partial charge >= 0.3 is 7.82 Å². The quantitative estimate of drug-likeness (QED) is 0.262. The van der Waals surface area contributed by atoms with Crippen LogP contribution in [-0.4, -0.2) is 45.4 Å². The third-order valence-corrected chi connectivity index (χ3v) is 6.24. The van der Waals surface area contributed by atoms with Gasteiger partial charge in [0, 0.05) is 6.54 Å². The van der Waals surface area contributed by atoms with Crippen LogP contribution in [0.2, 0.25) is 0 Å². The summed E-state index contributed by atoms with van der Waals surface area (Å²) in [6.45, 7) is 10.6. The van der Waals surface area contributed by atoms with Crippen LogP contribution in [0.1, 0.15) is 79.1 Å². The van der Waals surface area contributed by atoms with E-state index in [1.54, 1.807) is 0 Å². The summed E-state index contributed by atoms with van der Waals surface area (Å²) in [6.07, 6.45) is 8.90. The largest absolute Gasteiger partial charge is 0.474 e. The second-order valence-corrected chi connectivity index (χ2v) is 9.18. The van der Waals surface area contributed by atoms with Crippen LogP contribution >= 0.6 is 7.82 Å². The average Bonchev–Trinajstić information content (AvgIpc) is 2.62. The van der Waals surface area contributed by atoms with E-state index < -0.39 is 7.82 Å². The Kier molecular flexibility index (Phi) is 16.1. The normalized spacial score (nSPS) is 16.6. The summed E-state index contributed by atoms with van der Waals surface area (Å²) < 4.78 is 30.2. The Morgan fingerprint density at radius 3 is 1.62 bits per heavy atom. The second-order valence-electron chi connectivity index (χ2n) is 7.51. The first kappa shape index (κ1) is 26.1. The van der Waals surface area contributed by atoms with E-state index in [0.29, 0.717) is 38.2 Å². The number of likely N-dealkylation sites (N-methyl/N-ethyl adjacent to an activating group) is 1. The van der Waals surface area contributed by atoms with Gasteiger partial charge < -0.3 is 4.90 Å². The first-order valence-electron chi connectivity index (χ1n) is 10.6. The summed E-state index contributed by atoms with van der Waals surface area (Å²) in [6, 6.07) is 0. The maximum absolute atomic E-state index is 13.1. The molecule has 0 amide bonds. The lowest BCUT2D eigenvalue weighted by atomic mass is 10.0. The summed E-state index contributed by atoms with van der Waals surface area (Å²) in [7, 11) is 0.427. The van der Waals surface area contributed by atoms with Crippen LogP contribution in [0.25, 0.3) is 0 Å². The van der Waals surface area contributed by atoms with E-state index in [-0.39, 0.29) is 0 Å². The van der Waals surface area contributed by atoms with E-state index in [4.69, 9.17) is 13.6 Å². The molecule has 0 N–H and O–H groups in total. The van der Waals surface area contributed by atoms with Gasteiger partial charge in [-0.05, 0) is 38.8 Å². The lowest BCUT2D eigenvalue weighted by Crippen LogP contribution is -2.19. The van der Waals surface area contributed by atoms with Crippen molar-refractivity contribution in [3.63, 3.8) is 0 Å². The van der Waals surface area contributed by atoms with Gasteiger partial charge in [-0.25, -0.2) is 4.57 Å². The highest BCUT2D eigenvalue weighted by atomic mass is 31.2. The Hall–Kier alpha value is 0.0700. The maximum Gasteiger partial charge on any atom is 0.474 e. The number of nitrogens with zero attached hydrogens (tertiary/aromatic N) is 1. The fraction of sp³-hybridized carbons (Fsp3) is 1.00. The molecule has 0 heterocycles. The van der Waals surface area contributed by atoms with Crippen molar-refractivity contribution in [1.82, 2.24) is 4.90 Å². The molecule has 0 aliphatic carbocycles. The molecule has 0 spiro atoms. The first-order chi connectivity index (χ1) is 12.4. The Bertz CT molecular complexity index is 342. The third-order valence-electron chi connectivity index (χ3n) is 4.81. The maximum atomic E-state index is 13.1. The molecule has 5 nitrogen and oxygen atoms in total. The minimum atomic E-state index is -3.50. The molecule has 0 fully saturated rings. The molecule has 6 heteroatoms. The highest BCUT2D eigenvalue weighted by Gasteiger charge is 2.29. The van der Waals surface area contributed by atoms with Gasteiger partial charge in [0.1, 0.15) is 0 Å². The molecule has 0 radical (unpaired) electrons. The monoisotopic (exact) mass is 393 g/mol. The molecule has 0 saturated heterocycles. The van der Waals surface area contributed by atoms with Crippen molar-refractivity contribution >= 4 is 7.82 Å². The van der Waals surface area contributed by atoms with Crippen LogP contribution in [0.15, 0.2) is 0 Å². The minimum absolute atomic E-state index is 0.349. The lowest BCUT2D eigenvalue weighted by Gasteiger charge is -2.24. The van der Waals surface area contributed by atoms with Gasteiger partial charge in [0.2, 0.25) is 0 Å². The van der Waals surface area contributed by atoms with Crippen LogP contribution in [0.3, 0.4) is 0 Å². The van der Waals surface area contributed by atoms with E-state index in [9.17, 15) is 4.57 Å². The average molecular weight is 394 g/mol. The number of unbranched alkanes of at least 4 members (excludes halogenated alkanes) is 2. The van der Waals surface area contributed by atoms with Crippen LogP contribution < -0.4 is 0 Å². The Morgan fingerprint density at radius 2 is 1.27 bits per heavy atom. The van der Waals surface area contributed by atoms with Crippen LogP contribution in [0, 0.1) is 11.8 Å². The van der Waals surface area contributed by atoms with Gasteiger partial charge in [-0.2, -0.15) is 0 Å². The fourth-order valence-corrected chi connectivity index (χ4v) is 3.95. The number of hydrogen-bond acceptors (Lipinski definition) is 5. The number of phosphoric ester groups is 1. The molecular formula is C20H44NO4P. The van der Waals surface area contributed by atoms with Crippen molar-refractivity contribution in [2.24, 2.45) is 11.8 Å². The van der Waals surface area contributed by atoms with Gasteiger partial charge in [0.15, 0.2) is 0 Å². The second kappa shape index (κ2) is 16.1. The van der Waals surface area contributed by atoms with Crippen LogP contribution in [0.4, 0.5) is 0 Å². The standard InChI is InChI=1S/C20H44NO4P/c1-7-11-13-19(9-3)17-24-26(22,23-16-15-21(5)6)25-18-20(10-4)14-12-8-2/h19-20H,7-18H2,1-6H3. The molecule has 0 saturated carbocycles. The van der Waals surface area contributed by atoms with Gasteiger partial charge in [-0.1, -0.05) is 66.2 Å². The highest BCUT2D eigenvalue weighted by Crippen LogP contribution is 2.50. The van der Waals surface area contributed by atoms with Gasteiger partial charge in [-0.15, -0.1) is 0 Å². The molecule has 0 aliphatic heterocycles. The number of hydrogen-bond donors (Lipinski definition) is 0. The minimum Gasteiger partial charge on any atom is -0.307 e. The molecule has 2 atom stereocenters. The van der Waals surface area contributed by atoms with Gasteiger partial charge in [-0.3, -0.25) is 13.6 Å². The van der Waals surface area contributed by atoms with Crippen molar-refractivity contribution in [3.8, 4) is 0 Å². The third kappa shape index (κ3) is 13.3. The summed E-state index contributed by atoms with van der Waals surface area (Å²) >= 11 is 0. The zero-order valence-electron chi connectivity index (χ0n) is 18.2. The molecule has 2 unspecified atom stereocenters. The van der Waals surface area contributed by atoms with Crippen molar-refractivity contribution in [2.45, 2.75) is 79.1 Å². The van der Waals surface area contributed by atoms with Crippen molar-refractivity contribution < 1.29 is 18.1 Å². The Morgan fingerprint density at radius 1 is 0.808 bits per heavy atom. The smallest absolute Gasteiger partial charge is 0.307 e. The predicted molar refractivity (Wildman–Crippen MR) is 111 cm³/mol. The van der Waals surface area contributed by atoms with E-state index in [1.807, 2.05) is 19.0 Å². The SMILES string of the molecule is CCCCC(CC)COP(=O)(OCCN(C)C)OCC(CC)CCCC. The summed E-state index contributed by atoms with van der Waals surface area (Å²) in [5.41, 5.74) is 0. The van der Waals surface area contributed by atoms with E-state index >= 15 is 0 Å². The predicted octanol–water partition coefficient (Wildman–Crippen LogP) is 6.14. The topological polar surface area (TPSA) is 48.0 Å². The molecule has 26 heavy (non-hydrogen) atoms. The van der Waals surface area contributed by atoms with Crippen LogP contribution in [0.5, 0.6) is 0 Å². The summed E-state index contributed by atoms with van der Waals surface area (Å²) in [5.74, 6) is 0.817. The molecule has 0 aromatic heterocycles. The van der Waals surface area contributed by atoms with Crippen LogP contribution in [-0.2, 0) is 18.1 Å². The summed E-state index contributed by atoms with van der Waals surface area (Å²) in [4.78, 5) is 2.00. The molecular weight excluding hydrogens is 349 g/mol. The van der Waals surface area contributed by atoms with Gasteiger partial charge in [0.25, 0.3) is 0 Å². The van der Waals surface area contributed by atoms with Gasteiger partial charge in [0.05, 0.1) is 19.8 Å². The van der Waals surface area contributed by atoms with Crippen molar-refractivity contribution in [2.75, 3.05) is 40.5 Å². The lowest BCUT2D eigenvalue weighted by molar-refractivity contribution is 0.0806. The fourth-order valence-electron chi connectivity index (χ4n) is 2.64. The molecule has 0 aromatic rings. The molecule has 0 bridgehead atoms. The van der Waals surface area contributed by atoms with Crippen molar-refractivity contribution in [1.29, 1.82) is 0 Å². The van der Waals surface area contributed by atoms with E-state index in [2.05, 4.69) is 27.7 Å². The van der Waals surface area contributed by atoms with E-state index in [0.717, 1.165) is 25.7 Å². The number of rotatable bonds is 18. The van der Waals surface area contributed by atoms with Crippen molar-refractivity contribution in [3.05, 3.63) is 0 Å². The summed E-state index contributed by atoms with van der Waals surface area (Å²) in [5, 5.41) is 0. The Labute approximate surface area is 162 Å². The highest BCUT2D eigenvalue weighted by molar-refractivity contribution is 7.48. The van der Waals surface area contributed by atoms with E-state index in [1.165, 1.54) is 25.7 Å². The molecule has 158 valence electrons. The molecule has 0 aliphatic rings. The molecule has 0 aromatic carbocycles. The molecule has 0 rings (SSSR count).